The van der Waals surface area contributed by atoms with E-state index in [9.17, 15) is 4.79 Å². The van der Waals surface area contributed by atoms with Gasteiger partial charge in [-0.15, -0.1) is 0 Å². The average molecular weight is 182 g/mol. The van der Waals surface area contributed by atoms with Crippen LogP contribution in [0.3, 0.4) is 0 Å². The van der Waals surface area contributed by atoms with Crippen LogP contribution in [-0.4, -0.2) is 12.6 Å². The maximum absolute atomic E-state index is 10.1. The van der Waals surface area contributed by atoms with Crippen LogP contribution < -0.4 is 0 Å². The summed E-state index contributed by atoms with van der Waals surface area (Å²) >= 11 is 0. The smallest absolute Gasteiger partial charge is 0.330 e. The maximum Gasteiger partial charge on any atom is 0.330 e. The number of carbonyl (C=O) groups is 1. The second kappa shape index (κ2) is 13.3. The predicted molar refractivity (Wildman–Crippen MR) is 56.5 cm³/mol. The number of hydrogen-bond acceptors (Lipinski definition) is 2. The normalized spacial score (nSPS) is 9.46. The number of rotatable bonds is 3. The Morgan fingerprint density at radius 2 is 1.77 bits per heavy atom. The first-order valence-electron chi connectivity index (χ1n) is 4.26. The molecule has 0 heterocycles. The lowest BCUT2D eigenvalue weighted by Crippen LogP contribution is -1.97. The molecular weight excluding hydrogens is 164 g/mol. The van der Waals surface area contributed by atoms with Crippen LogP contribution in [0.2, 0.25) is 0 Å². The lowest BCUT2D eigenvalue weighted by atomic mass is 10.5. The van der Waals surface area contributed by atoms with E-state index in [0.29, 0.717) is 6.61 Å². The zero-order chi connectivity index (χ0) is 10.5. The van der Waals surface area contributed by atoms with Crippen molar-refractivity contribution in [2.45, 2.75) is 20.8 Å². The fourth-order valence-corrected chi connectivity index (χ4v) is 0.423. The number of ether oxygens (including phenoxy) is 1. The van der Waals surface area contributed by atoms with Gasteiger partial charge < -0.3 is 4.74 Å². The molecule has 0 aliphatic carbocycles. The quantitative estimate of drug-likeness (QED) is 0.381. The second-order valence-corrected chi connectivity index (χ2v) is 2.01. The van der Waals surface area contributed by atoms with Crippen molar-refractivity contribution in [1.29, 1.82) is 0 Å². The van der Waals surface area contributed by atoms with Gasteiger partial charge in [-0.1, -0.05) is 30.9 Å². The largest absolute Gasteiger partial charge is 0.463 e. The Bertz CT molecular complexity index is 169. The van der Waals surface area contributed by atoms with E-state index in [1.807, 2.05) is 38.2 Å². The molecule has 0 aromatic carbocycles. The topological polar surface area (TPSA) is 26.3 Å². The Kier molecular flexibility index (Phi) is 14.5. The van der Waals surface area contributed by atoms with Gasteiger partial charge in [-0.05, 0) is 20.8 Å². The molecule has 0 aromatic heterocycles. The molecule has 0 N–H and O–H groups in total. The fourth-order valence-electron chi connectivity index (χ4n) is 0.423. The third-order valence-electron chi connectivity index (χ3n) is 0.949. The summed E-state index contributed by atoms with van der Waals surface area (Å²) in [6, 6.07) is 0. The van der Waals surface area contributed by atoms with Crippen LogP contribution in [0.4, 0.5) is 0 Å². The van der Waals surface area contributed by atoms with Crippen LogP contribution in [0, 0.1) is 0 Å². The van der Waals surface area contributed by atoms with Crippen LogP contribution in [0.5, 0.6) is 0 Å². The summed E-state index contributed by atoms with van der Waals surface area (Å²) < 4.78 is 4.43. The molecule has 0 fully saturated rings. The highest BCUT2D eigenvalue weighted by Crippen LogP contribution is 1.74. The van der Waals surface area contributed by atoms with Gasteiger partial charge in [0.15, 0.2) is 0 Å². The van der Waals surface area contributed by atoms with E-state index >= 15 is 0 Å². The van der Waals surface area contributed by atoms with Crippen LogP contribution in [-0.2, 0) is 9.53 Å². The van der Waals surface area contributed by atoms with Crippen molar-refractivity contribution in [2.75, 3.05) is 6.61 Å². The Balaban J connectivity index is 0. The molecule has 0 aliphatic rings. The van der Waals surface area contributed by atoms with Crippen LogP contribution in [0.25, 0.3) is 0 Å². The van der Waals surface area contributed by atoms with Gasteiger partial charge in [0.25, 0.3) is 0 Å². The first kappa shape index (κ1) is 14.2. The third kappa shape index (κ3) is 18.0. The minimum Gasteiger partial charge on any atom is -0.463 e. The van der Waals surface area contributed by atoms with E-state index in [1.54, 1.807) is 6.92 Å². The molecule has 13 heavy (non-hydrogen) atoms. The summed E-state index contributed by atoms with van der Waals surface area (Å²) in [6.07, 6.45) is 9.14. The highest BCUT2D eigenvalue weighted by Gasteiger charge is 1.86. The van der Waals surface area contributed by atoms with Crippen molar-refractivity contribution in [1.82, 2.24) is 0 Å². The van der Waals surface area contributed by atoms with Crippen LogP contribution in [0.15, 0.2) is 37.0 Å². The van der Waals surface area contributed by atoms with Gasteiger partial charge >= 0.3 is 5.97 Å². The van der Waals surface area contributed by atoms with Crippen molar-refractivity contribution in [3.05, 3.63) is 37.0 Å². The summed E-state index contributed by atoms with van der Waals surface area (Å²) in [5.74, 6) is -0.359. The summed E-state index contributed by atoms with van der Waals surface area (Å²) in [7, 11) is 0. The van der Waals surface area contributed by atoms with Crippen molar-refractivity contribution >= 4 is 5.97 Å². The van der Waals surface area contributed by atoms with Crippen molar-refractivity contribution in [3.63, 3.8) is 0 Å². The van der Waals surface area contributed by atoms with E-state index in [2.05, 4.69) is 11.3 Å². The van der Waals surface area contributed by atoms with Crippen molar-refractivity contribution < 1.29 is 9.53 Å². The molecule has 0 atom stereocenters. The summed E-state index contributed by atoms with van der Waals surface area (Å²) in [5, 5.41) is 0. The number of esters is 1. The number of carbonyl (C=O) groups excluding carboxylic acids is 1. The summed E-state index contributed by atoms with van der Waals surface area (Å²) in [5.41, 5.74) is 0. The first-order valence-corrected chi connectivity index (χ1v) is 4.26. The molecule has 0 bridgehead atoms. The summed E-state index contributed by atoms with van der Waals surface area (Å²) in [6.45, 7) is 9.38. The van der Waals surface area contributed by atoms with E-state index in [-0.39, 0.29) is 5.97 Å². The summed E-state index contributed by atoms with van der Waals surface area (Å²) in [4.78, 5) is 10.1. The zero-order valence-electron chi connectivity index (χ0n) is 8.62. The number of allylic oxidation sites excluding steroid dienone is 4. The molecule has 0 saturated carbocycles. The molecule has 0 rings (SSSR count). The molecule has 0 radical (unpaired) electrons. The van der Waals surface area contributed by atoms with E-state index in [1.165, 1.54) is 0 Å². The van der Waals surface area contributed by atoms with E-state index < -0.39 is 0 Å². The molecule has 2 heteroatoms. The maximum atomic E-state index is 10.1. The Morgan fingerprint density at radius 3 is 1.92 bits per heavy atom. The molecule has 74 valence electrons. The Labute approximate surface area is 80.6 Å². The monoisotopic (exact) mass is 182 g/mol. The van der Waals surface area contributed by atoms with Crippen LogP contribution >= 0.6 is 0 Å². The van der Waals surface area contributed by atoms with Crippen molar-refractivity contribution in [2.24, 2.45) is 0 Å². The first-order chi connectivity index (χ1) is 6.22. The van der Waals surface area contributed by atoms with Gasteiger partial charge in [0, 0.05) is 6.08 Å². The van der Waals surface area contributed by atoms with Gasteiger partial charge in [0.1, 0.15) is 0 Å². The second-order valence-electron chi connectivity index (χ2n) is 2.01. The standard InChI is InChI=1S/C6H10.C5H8O2/c1-3-5-6-4-2;1-3-5(6)7-4-2/h3-6H,1-2H3;3H,1,4H2,2H3/b5-3+,6-4+;. The van der Waals surface area contributed by atoms with E-state index in [0.717, 1.165) is 6.08 Å². The number of hydrogen-bond donors (Lipinski definition) is 0. The average Bonchev–Trinajstić information content (AvgIpc) is 2.16. The van der Waals surface area contributed by atoms with Gasteiger partial charge in [-0.3, -0.25) is 0 Å². The third-order valence-corrected chi connectivity index (χ3v) is 0.949. The minimum atomic E-state index is -0.359. The zero-order valence-corrected chi connectivity index (χ0v) is 8.62. The molecule has 0 aromatic rings. The fraction of sp³-hybridized carbons (Fsp3) is 0.364. The highest BCUT2D eigenvalue weighted by molar-refractivity contribution is 5.81. The molecule has 0 saturated heterocycles. The van der Waals surface area contributed by atoms with Crippen LogP contribution in [0.1, 0.15) is 20.8 Å². The van der Waals surface area contributed by atoms with Gasteiger partial charge in [0.2, 0.25) is 0 Å². The van der Waals surface area contributed by atoms with Gasteiger partial charge in [-0.25, -0.2) is 4.79 Å². The molecule has 0 aliphatic heterocycles. The van der Waals surface area contributed by atoms with E-state index in [4.69, 9.17) is 0 Å². The predicted octanol–water partition coefficient (Wildman–Crippen LogP) is 2.87. The van der Waals surface area contributed by atoms with Crippen molar-refractivity contribution in [3.8, 4) is 0 Å². The SMILES string of the molecule is C/C=C/C=C/C.C=CC(=O)OCC. The molecular formula is C11H18O2. The highest BCUT2D eigenvalue weighted by atomic mass is 16.5. The molecule has 0 amide bonds. The lowest BCUT2D eigenvalue weighted by molar-refractivity contribution is -0.137. The lowest BCUT2D eigenvalue weighted by Gasteiger charge is -1.90. The Morgan fingerprint density at radius 1 is 1.31 bits per heavy atom. The van der Waals surface area contributed by atoms with Gasteiger partial charge in [-0.2, -0.15) is 0 Å². The Hall–Kier alpha value is -1.31. The molecule has 2 nitrogen and oxygen atoms in total. The molecule has 0 unspecified atom stereocenters. The molecule has 0 spiro atoms. The minimum absolute atomic E-state index is 0.359. The van der Waals surface area contributed by atoms with Gasteiger partial charge in [0.05, 0.1) is 6.61 Å².